The van der Waals surface area contributed by atoms with Crippen molar-refractivity contribution in [1.29, 1.82) is 0 Å². The number of imidazole rings is 1. The molecule has 0 saturated carbocycles. The Morgan fingerprint density at radius 1 is 0.976 bits per heavy atom. The molecule has 0 radical (unpaired) electrons. The highest BCUT2D eigenvalue weighted by Gasteiger charge is 2.32. The first kappa shape index (κ1) is 27.0. The van der Waals surface area contributed by atoms with Crippen LogP contribution in [-0.4, -0.2) is 123 Å². The summed E-state index contributed by atoms with van der Waals surface area (Å²) in [6.45, 7) is 6.99. The molecule has 3 aliphatic heterocycles. The van der Waals surface area contributed by atoms with Crippen LogP contribution in [0.25, 0.3) is 33.3 Å². The van der Waals surface area contributed by atoms with Crippen LogP contribution in [0.5, 0.6) is 0 Å². The van der Waals surface area contributed by atoms with Crippen LogP contribution in [0.4, 0.5) is 19.5 Å². The number of morpholine rings is 1. The summed E-state index contributed by atoms with van der Waals surface area (Å²) in [5, 5.41) is 8.65. The SMILES string of the molecule is CN1CCN(C(=O)N2CCC(c3n[nH]c4nc(N5CCOCC5)nc(-c5cccc6nc(C(F)F)[nH]c56)c34)CC2)CC1. The number of piperidine rings is 1. The number of para-hydroxylation sites is 1. The van der Waals surface area contributed by atoms with Gasteiger partial charge in [-0.1, -0.05) is 12.1 Å². The van der Waals surface area contributed by atoms with Gasteiger partial charge in [0.1, 0.15) is 0 Å². The van der Waals surface area contributed by atoms with Crippen LogP contribution in [0.2, 0.25) is 0 Å². The number of aromatic nitrogens is 6. The highest BCUT2D eigenvalue weighted by molar-refractivity contribution is 6.01. The predicted octanol–water partition coefficient (Wildman–Crippen LogP) is 3.22. The second-order valence-electron chi connectivity index (χ2n) is 11.3. The van der Waals surface area contributed by atoms with Crippen LogP contribution in [0, 0.1) is 0 Å². The van der Waals surface area contributed by atoms with Gasteiger partial charge in [-0.3, -0.25) is 5.10 Å². The number of nitrogens with zero attached hydrogens (tertiary/aromatic N) is 8. The molecule has 1 aromatic carbocycles. The number of benzene rings is 1. The van der Waals surface area contributed by atoms with Crippen LogP contribution in [0.15, 0.2) is 18.2 Å². The van der Waals surface area contributed by atoms with E-state index < -0.39 is 6.43 Å². The molecule has 0 unspecified atom stereocenters. The van der Waals surface area contributed by atoms with Gasteiger partial charge in [0.15, 0.2) is 11.5 Å². The molecule has 3 fully saturated rings. The molecule has 3 aliphatic rings. The summed E-state index contributed by atoms with van der Waals surface area (Å²) in [6.07, 6.45) is -1.20. The van der Waals surface area contributed by atoms with Gasteiger partial charge in [0.2, 0.25) is 5.95 Å². The van der Waals surface area contributed by atoms with E-state index in [9.17, 15) is 13.6 Å². The maximum Gasteiger partial charge on any atom is 0.320 e. The number of rotatable bonds is 4. The average Bonchev–Trinajstić information content (AvgIpc) is 3.66. The van der Waals surface area contributed by atoms with E-state index in [4.69, 9.17) is 19.8 Å². The lowest BCUT2D eigenvalue weighted by Crippen LogP contribution is -2.53. The molecule has 0 aliphatic carbocycles. The molecule has 7 rings (SSSR count). The normalized spacial score (nSPS) is 19.5. The summed E-state index contributed by atoms with van der Waals surface area (Å²) in [6, 6.07) is 5.49. The Morgan fingerprint density at radius 2 is 1.71 bits per heavy atom. The minimum Gasteiger partial charge on any atom is -0.378 e. The Kier molecular flexibility index (Phi) is 7.10. The lowest BCUT2D eigenvalue weighted by Gasteiger charge is -2.38. The summed E-state index contributed by atoms with van der Waals surface area (Å²) in [5.74, 6) is 0.250. The number of halogens is 2. The Labute approximate surface area is 241 Å². The number of carbonyl (C=O) groups is 1. The summed E-state index contributed by atoms with van der Waals surface area (Å²) >= 11 is 0. The molecule has 12 nitrogen and oxygen atoms in total. The molecule has 0 bridgehead atoms. The number of H-pyrrole nitrogens is 2. The van der Waals surface area contributed by atoms with E-state index in [0.717, 1.165) is 50.1 Å². The van der Waals surface area contributed by atoms with Gasteiger partial charge in [-0.15, -0.1) is 0 Å². The Bertz CT molecular complexity index is 1580. The minimum absolute atomic E-state index is 0.0875. The van der Waals surface area contributed by atoms with E-state index in [0.29, 0.717) is 73.3 Å². The quantitative estimate of drug-likeness (QED) is 0.378. The number of urea groups is 1. The predicted molar refractivity (Wildman–Crippen MR) is 153 cm³/mol. The Morgan fingerprint density at radius 3 is 2.45 bits per heavy atom. The fraction of sp³-hybridized carbons (Fsp3) is 0.536. The number of alkyl halides is 2. The topological polar surface area (TPSA) is 122 Å². The number of carbonyl (C=O) groups excluding carboxylic acids is 1. The van der Waals surface area contributed by atoms with Crippen molar-refractivity contribution in [2.75, 3.05) is 77.5 Å². The van der Waals surface area contributed by atoms with Gasteiger partial charge < -0.3 is 29.3 Å². The van der Waals surface area contributed by atoms with Gasteiger partial charge in [-0.25, -0.2) is 23.5 Å². The first-order valence-corrected chi connectivity index (χ1v) is 14.5. The van der Waals surface area contributed by atoms with E-state index in [1.165, 1.54) is 0 Å². The molecule has 2 N–H and O–H groups in total. The number of fused-ring (bicyclic) bond motifs is 2. The molecule has 6 heterocycles. The number of aromatic amines is 2. The van der Waals surface area contributed by atoms with Crippen LogP contribution < -0.4 is 4.90 Å². The van der Waals surface area contributed by atoms with Crippen LogP contribution >= 0.6 is 0 Å². The van der Waals surface area contributed by atoms with Crippen molar-refractivity contribution in [3.05, 3.63) is 29.7 Å². The van der Waals surface area contributed by atoms with Crippen molar-refractivity contribution >= 4 is 34.0 Å². The standard InChI is InChI=1S/C28H34F2N10O2/c1-37-9-11-40(12-10-37)28(41)39-7-5-17(6-8-39)21-20-23(18-3-2-4-19-22(18)32-26(31-19)24(29)30)33-27(34-25(20)36-35-21)38-13-15-42-16-14-38/h2-4,17,24H,5-16H2,1H3,(H,31,32)(H,33,34,35,36). The Hall–Kier alpha value is -3.91. The Balaban J connectivity index is 1.24. The number of hydrogen-bond acceptors (Lipinski definition) is 8. The second-order valence-corrected chi connectivity index (χ2v) is 11.3. The van der Waals surface area contributed by atoms with Gasteiger partial charge in [0.25, 0.3) is 6.43 Å². The lowest BCUT2D eigenvalue weighted by molar-refractivity contribution is 0.113. The van der Waals surface area contributed by atoms with Crippen LogP contribution in [0.1, 0.15) is 36.7 Å². The second kappa shape index (κ2) is 11.1. The number of likely N-dealkylation sites (N-methyl/N-ethyl adjacent to an activating group) is 1. The fourth-order valence-corrected chi connectivity index (χ4v) is 6.23. The molecule has 42 heavy (non-hydrogen) atoms. The molecular weight excluding hydrogens is 546 g/mol. The first-order valence-electron chi connectivity index (χ1n) is 14.5. The zero-order valence-corrected chi connectivity index (χ0v) is 23.5. The molecule has 222 valence electrons. The highest BCUT2D eigenvalue weighted by Crippen LogP contribution is 2.39. The van der Waals surface area contributed by atoms with E-state index in [-0.39, 0.29) is 17.8 Å². The fourth-order valence-electron chi connectivity index (χ4n) is 6.23. The van der Waals surface area contributed by atoms with Gasteiger partial charge in [0, 0.05) is 63.8 Å². The molecular formula is C28H34F2N10O2. The molecule has 4 aromatic rings. The smallest absolute Gasteiger partial charge is 0.320 e. The number of piperazine rings is 1. The number of hydrogen-bond donors (Lipinski definition) is 2. The van der Waals surface area contributed by atoms with E-state index in [1.807, 2.05) is 15.9 Å². The maximum atomic E-state index is 13.6. The van der Waals surface area contributed by atoms with Crippen molar-refractivity contribution in [1.82, 2.24) is 44.8 Å². The van der Waals surface area contributed by atoms with Crippen LogP contribution in [-0.2, 0) is 4.74 Å². The van der Waals surface area contributed by atoms with Gasteiger partial charge in [-0.05, 0) is 26.0 Å². The van der Waals surface area contributed by atoms with E-state index in [1.54, 1.807) is 12.1 Å². The van der Waals surface area contributed by atoms with Crippen molar-refractivity contribution in [2.24, 2.45) is 0 Å². The number of likely N-dealkylation sites (tertiary alicyclic amines) is 1. The number of nitrogens with one attached hydrogen (secondary N) is 2. The van der Waals surface area contributed by atoms with Crippen molar-refractivity contribution in [2.45, 2.75) is 25.2 Å². The molecule has 2 amide bonds. The third-order valence-electron chi connectivity index (χ3n) is 8.65. The van der Waals surface area contributed by atoms with Crippen molar-refractivity contribution < 1.29 is 18.3 Å². The van der Waals surface area contributed by atoms with Gasteiger partial charge in [0.05, 0.1) is 41.0 Å². The van der Waals surface area contributed by atoms with Gasteiger partial charge >= 0.3 is 6.03 Å². The van der Waals surface area contributed by atoms with E-state index >= 15 is 0 Å². The summed E-state index contributed by atoms with van der Waals surface area (Å²) in [4.78, 5) is 38.2. The lowest BCUT2D eigenvalue weighted by atomic mass is 9.91. The third kappa shape index (κ3) is 4.91. The number of amides is 2. The summed E-state index contributed by atoms with van der Waals surface area (Å²) < 4.78 is 32.7. The minimum atomic E-state index is -2.72. The zero-order chi connectivity index (χ0) is 28.8. The van der Waals surface area contributed by atoms with Crippen LogP contribution in [0.3, 0.4) is 0 Å². The van der Waals surface area contributed by atoms with Gasteiger partial charge in [-0.2, -0.15) is 10.1 Å². The monoisotopic (exact) mass is 580 g/mol. The molecule has 0 spiro atoms. The maximum absolute atomic E-state index is 13.6. The molecule has 3 aromatic heterocycles. The average molecular weight is 581 g/mol. The summed E-state index contributed by atoms with van der Waals surface area (Å²) in [5.41, 5.74) is 3.67. The largest absolute Gasteiger partial charge is 0.378 e. The molecule has 0 atom stereocenters. The first-order chi connectivity index (χ1) is 20.5. The number of ether oxygens (including phenoxy) is 1. The zero-order valence-electron chi connectivity index (χ0n) is 23.5. The highest BCUT2D eigenvalue weighted by atomic mass is 19.3. The third-order valence-corrected chi connectivity index (χ3v) is 8.65. The molecule has 3 saturated heterocycles. The van der Waals surface area contributed by atoms with Crippen molar-refractivity contribution in [3.63, 3.8) is 0 Å². The van der Waals surface area contributed by atoms with Crippen molar-refractivity contribution in [3.8, 4) is 11.3 Å². The summed E-state index contributed by atoms with van der Waals surface area (Å²) in [7, 11) is 2.08. The van der Waals surface area contributed by atoms with E-state index in [2.05, 4.69) is 31.9 Å². The molecule has 14 heteroatoms. The number of anilines is 1.